The van der Waals surface area contributed by atoms with Crippen molar-refractivity contribution in [1.29, 1.82) is 0 Å². The number of hydrogen-bond acceptors (Lipinski definition) is 11. The topological polar surface area (TPSA) is 205 Å². The molecule has 0 spiro atoms. The molecule has 0 amide bonds. The van der Waals surface area contributed by atoms with Crippen LogP contribution in [0, 0.1) is 10.2 Å². The Labute approximate surface area is 262 Å². The smallest absolute Gasteiger partial charge is 0.312 e. The lowest BCUT2D eigenvalue weighted by atomic mass is 9.97. The summed E-state index contributed by atoms with van der Waals surface area (Å²) in [6.07, 6.45) is 0.248. The van der Waals surface area contributed by atoms with Gasteiger partial charge in [-0.25, -0.2) is 37.2 Å². The molecule has 4 aromatic rings. The zero-order valence-electron chi connectivity index (χ0n) is 24.6. The monoisotopic (exact) mass is 667 g/mol. The van der Waals surface area contributed by atoms with Crippen molar-refractivity contribution in [3.05, 3.63) is 72.1 Å². The summed E-state index contributed by atoms with van der Waals surface area (Å²) in [5.74, 6) is 0.804. The maximum Gasteiger partial charge on any atom is 0.312 e. The van der Waals surface area contributed by atoms with Gasteiger partial charge in [-0.2, -0.15) is 4.57 Å². The molecule has 0 aliphatic rings. The van der Waals surface area contributed by atoms with Crippen LogP contribution in [0.3, 0.4) is 0 Å². The molecular formula is C29H34ClN3O9S2. The quantitative estimate of drug-likeness (QED) is 0.132. The van der Waals surface area contributed by atoms with E-state index in [1.807, 2.05) is 18.2 Å². The number of thiazole rings is 1. The fourth-order valence-corrected chi connectivity index (χ4v) is 6.05. The first kappa shape index (κ1) is 35.3. The Balaban J connectivity index is 0.000000978. The summed E-state index contributed by atoms with van der Waals surface area (Å²) in [6.45, 7) is 9.47. The van der Waals surface area contributed by atoms with Crippen LogP contribution in [0.15, 0.2) is 65.0 Å². The summed E-state index contributed by atoms with van der Waals surface area (Å²) >= 11 is 0.981. The van der Waals surface area contributed by atoms with Crippen molar-refractivity contribution in [3.8, 4) is 16.9 Å². The van der Waals surface area contributed by atoms with Gasteiger partial charge in [-0.3, -0.25) is 4.79 Å². The van der Waals surface area contributed by atoms with Gasteiger partial charge in [0.2, 0.25) is 4.34 Å². The highest BCUT2D eigenvalue weighted by atomic mass is 35.7. The summed E-state index contributed by atoms with van der Waals surface area (Å²) in [5.41, 5.74) is 5.24. The predicted molar refractivity (Wildman–Crippen MR) is 152 cm³/mol. The SMILES string of the molecule is CC(C)c1cc(-c2ccccc2)cc(C(C)C)[n+]1CCC(=O)OCCOc1ccc2nc(S(N)(=O)=O)sc2c1.[O-][Cl+3]([O-])([O-])[O-]. The first-order valence-corrected chi connectivity index (χ1v) is 17.1. The number of carbonyl (C=O) groups excluding carboxylic acids is 1. The molecule has 0 saturated heterocycles. The minimum Gasteiger partial charge on any atom is -0.490 e. The number of sulfonamides is 1. The molecule has 44 heavy (non-hydrogen) atoms. The highest BCUT2D eigenvalue weighted by molar-refractivity contribution is 7.91. The van der Waals surface area contributed by atoms with E-state index < -0.39 is 20.3 Å². The zero-order valence-corrected chi connectivity index (χ0v) is 27.0. The van der Waals surface area contributed by atoms with Crippen LogP contribution in [0.4, 0.5) is 0 Å². The summed E-state index contributed by atoms with van der Waals surface area (Å²) < 4.78 is 70.9. The van der Waals surface area contributed by atoms with E-state index in [0.717, 1.165) is 11.3 Å². The molecule has 0 fully saturated rings. The number of esters is 1. The second kappa shape index (κ2) is 15.2. The van der Waals surface area contributed by atoms with Gasteiger partial charge in [0.05, 0.1) is 10.2 Å². The molecule has 0 unspecified atom stereocenters. The first-order chi connectivity index (χ1) is 20.5. The van der Waals surface area contributed by atoms with E-state index in [4.69, 9.17) is 33.2 Å². The molecule has 0 radical (unpaired) electrons. The third-order valence-corrected chi connectivity index (χ3v) is 8.60. The highest BCUT2D eigenvalue weighted by Crippen LogP contribution is 2.28. The van der Waals surface area contributed by atoms with Crippen molar-refractivity contribution >= 4 is 37.5 Å². The van der Waals surface area contributed by atoms with E-state index >= 15 is 0 Å². The lowest BCUT2D eigenvalue weighted by Gasteiger charge is -2.17. The number of nitrogens with two attached hydrogens (primary N) is 1. The lowest BCUT2D eigenvalue weighted by molar-refractivity contribution is -2.00. The largest absolute Gasteiger partial charge is 0.490 e. The number of pyridine rings is 1. The van der Waals surface area contributed by atoms with Crippen LogP contribution in [0.2, 0.25) is 0 Å². The van der Waals surface area contributed by atoms with E-state index in [-0.39, 0.29) is 41.8 Å². The van der Waals surface area contributed by atoms with Gasteiger partial charge in [0.15, 0.2) is 17.9 Å². The van der Waals surface area contributed by atoms with E-state index in [1.165, 1.54) is 22.5 Å². The van der Waals surface area contributed by atoms with Crippen molar-refractivity contribution < 1.29 is 56.1 Å². The molecule has 12 nitrogen and oxygen atoms in total. The molecular weight excluding hydrogens is 634 g/mol. The molecule has 2 aromatic heterocycles. The summed E-state index contributed by atoms with van der Waals surface area (Å²) in [5, 5.41) is 5.16. The zero-order chi connectivity index (χ0) is 32.7. The summed E-state index contributed by atoms with van der Waals surface area (Å²) in [4.78, 5) is 16.6. The van der Waals surface area contributed by atoms with Crippen molar-refractivity contribution in [2.24, 2.45) is 5.14 Å². The predicted octanol–water partition coefficient (Wildman–Crippen LogP) is 0.401. The lowest BCUT2D eigenvalue weighted by Crippen LogP contribution is -2.68. The van der Waals surface area contributed by atoms with Crippen LogP contribution in [-0.2, 0) is 26.1 Å². The Morgan fingerprint density at radius 2 is 1.52 bits per heavy atom. The fraction of sp³-hybridized carbons (Fsp3) is 0.345. The Morgan fingerprint density at radius 1 is 0.932 bits per heavy atom. The van der Waals surface area contributed by atoms with Crippen molar-refractivity contribution in [1.82, 2.24) is 4.98 Å². The molecule has 0 aliphatic heterocycles. The normalized spacial score (nSPS) is 11.9. The van der Waals surface area contributed by atoms with Gasteiger partial charge in [0, 0.05) is 24.0 Å². The molecule has 2 heterocycles. The standard InChI is InChI=1S/C29H34N3O5S2.ClHO4/c1-19(2)25-16-22(21-8-6-5-7-9-21)17-26(20(3)4)32(25)13-12-28(33)37-15-14-36-23-10-11-24-27(18-23)38-29(31-24)39(30,34)35;2-1(3,4)5/h5-11,16-20H,12-15H2,1-4H3,(H2,30,34,35);(H,2,3,4,5)/q+1;/p-1. The maximum atomic E-state index is 12.6. The number of hydrogen-bond donors (Lipinski definition) is 1. The minimum absolute atomic E-state index is 0.105. The molecule has 0 saturated carbocycles. The van der Waals surface area contributed by atoms with Crippen LogP contribution in [0.5, 0.6) is 5.75 Å². The molecule has 0 aliphatic carbocycles. The van der Waals surface area contributed by atoms with Gasteiger partial charge in [0.25, 0.3) is 10.0 Å². The molecule has 15 heteroatoms. The average molecular weight is 668 g/mol. The van der Waals surface area contributed by atoms with E-state index in [9.17, 15) is 13.2 Å². The van der Waals surface area contributed by atoms with Crippen molar-refractivity contribution in [3.63, 3.8) is 0 Å². The number of rotatable bonds is 11. The van der Waals surface area contributed by atoms with Gasteiger partial charge in [-0.05, 0) is 29.3 Å². The van der Waals surface area contributed by atoms with E-state index in [2.05, 4.69) is 61.5 Å². The minimum atomic E-state index is -4.94. The van der Waals surface area contributed by atoms with E-state index in [1.54, 1.807) is 18.2 Å². The molecule has 0 bridgehead atoms. The van der Waals surface area contributed by atoms with E-state index in [0.29, 0.717) is 22.5 Å². The third-order valence-electron chi connectivity index (χ3n) is 6.26. The molecule has 238 valence electrons. The second-order valence-electron chi connectivity index (χ2n) is 10.3. The van der Waals surface area contributed by atoms with Crippen LogP contribution >= 0.6 is 11.3 Å². The Hall–Kier alpha value is -3.21. The average Bonchev–Trinajstić information content (AvgIpc) is 3.38. The Bertz CT molecular complexity index is 1640. The second-order valence-corrected chi connectivity index (χ2v) is 13.8. The number of nitrogens with zero attached hydrogens (tertiary/aromatic N) is 2. The molecule has 2 N–H and O–H groups in total. The van der Waals surface area contributed by atoms with Crippen LogP contribution in [0.1, 0.15) is 57.3 Å². The van der Waals surface area contributed by atoms with Gasteiger partial charge >= 0.3 is 5.97 Å². The number of fused-ring (bicyclic) bond motifs is 1. The number of ether oxygens (including phenoxy) is 2. The number of benzene rings is 2. The first-order valence-electron chi connectivity index (χ1n) is 13.5. The third kappa shape index (κ3) is 10.7. The van der Waals surface area contributed by atoms with Crippen LogP contribution in [0.25, 0.3) is 21.3 Å². The summed E-state index contributed by atoms with van der Waals surface area (Å²) in [7, 11) is -8.80. The maximum absolute atomic E-state index is 12.6. The molecule has 0 atom stereocenters. The Morgan fingerprint density at radius 3 is 2.07 bits per heavy atom. The molecule has 2 aromatic carbocycles. The number of aromatic nitrogens is 2. The number of halogens is 1. The number of carbonyl (C=O) groups is 1. The van der Waals surface area contributed by atoms with Gasteiger partial charge in [-0.15, -0.1) is 21.6 Å². The summed E-state index contributed by atoms with van der Waals surface area (Å²) in [6, 6.07) is 19.8. The highest BCUT2D eigenvalue weighted by Gasteiger charge is 2.25. The molecule has 4 rings (SSSR count). The van der Waals surface area contributed by atoms with Gasteiger partial charge in [0.1, 0.15) is 25.4 Å². The van der Waals surface area contributed by atoms with Crippen molar-refractivity contribution in [2.45, 2.75) is 56.8 Å². The van der Waals surface area contributed by atoms with Crippen LogP contribution in [-0.4, -0.2) is 32.6 Å². The van der Waals surface area contributed by atoms with Crippen LogP contribution < -0.4 is 33.1 Å². The Kier molecular flexibility index (Phi) is 12.2. The fourth-order valence-electron chi connectivity index (χ4n) is 4.36. The van der Waals surface area contributed by atoms with Gasteiger partial charge < -0.3 is 9.47 Å². The van der Waals surface area contributed by atoms with Crippen molar-refractivity contribution in [2.75, 3.05) is 13.2 Å². The van der Waals surface area contributed by atoms with Gasteiger partial charge in [-0.1, -0.05) is 58.0 Å². The number of primary sulfonamides is 1.